The number of hydrogen-bond donors (Lipinski definition) is 3. The van der Waals surface area contributed by atoms with E-state index < -0.39 is 0 Å². The van der Waals surface area contributed by atoms with Crippen molar-refractivity contribution in [3.05, 3.63) is 28.8 Å². The first-order valence-electron chi connectivity index (χ1n) is 8.06. The van der Waals surface area contributed by atoms with Gasteiger partial charge >= 0.3 is 0 Å². The molecule has 2 amide bonds. The largest absolute Gasteiger partial charge is 0.349 e. The van der Waals surface area contributed by atoms with Crippen LogP contribution >= 0.6 is 24.0 Å². The summed E-state index contributed by atoms with van der Waals surface area (Å²) >= 11 is 6.14. The van der Waals surface area contributed by atoms with E-state index in [-0.39, 0.29) is 36.2 Å². The Bertz CT molecular complexity index is 573. The molecule has 0 unspecified atom stereocenters. The van der Waals surface area contributed by atoms with Crippen LogP contribution < -0.4 is 16.0 Å². The van der Waals surface area contributed by atoms with E-state index in [0.29, 0.717) is 22.7 Å². The second-order valence-corrected chi connectivity index (χ2v) is 6.75. The molecule has 1 fully saturated rings. The third-order valence-corrected chi connectivity index (χ3v) is 4.09. The third-order valence-electron chi connectivity index (χ3n) is 3.76. The second kappa shape index (κ2) is 9.87. The normalized spacial score (nSPS) is 14.8. The van der Waals surface area contributed by atoms with Gasteiger partial charge in [-0.25, -0.2) is 0 Å². The molecular formula is C17H25Cl2N3O2. The summed E-state index contributed by atoms with van der Waals surface area (Å²) in [5.41, 5.74) is 0.989. The zero-order chi connectivity index (χ0) is 16.8. The molecule has 0 spiro atoms. The molecule has 0 atom stereocenters. The molecule has 1 aromatic rings. The van der Waals surface area contributed by atoms with Crippen LogP contribution in [0.3, 0.4) is 0 Å². The number of carbonyl (C=O) groups is 2. The number of anilines is 1. The Morgan fingerprint density at radius 1 is 1.29 bits per heavy atom. The molecule has 7 heteroatoms. The number of amides is 2. The van der Waals surface area contributed by atoms with Crippen molar-refractivity contribution in [1.82, 2.24) is 10.6 Å². The van der Waals surface area contributed by atoms with Gasteiger partial charge in [-0.1, -0.05) is 25.4 Å². The molecule has 0 bridgehead atoms. The Balaban J connectivity index is 0.00000288. The van der Waals surface area contributed by atoms with E-state index in [9.17, 15) is 9.59 Å². The van der Waals surface area contributed by atoms with E-state index in [1.165, 1.54) is 0 Å². The van der Waals surface area contributed by atoms with Gasteiger partial charge in [0.25, 0.3) is 5.91 Å². The van der Waals surface area contributed by atoms with E-state index >= 15 is 0 Å². The van der Waals surface area contributed by atoms with Gasteiger partial charge in [0, 0.05) is 18.2 Å². The minimum absolute atomic E-state index is 0. The summed E-state index contributed by atoms with van der Waals surface area (Å²) in [6, 6.07) is 5.15. The van der Waals surface area contributed by atoms with E-state index in [2.05, 4.69) is 16.0 Å². The fourth-order valence-corrected chi connectivity index (χ4v) is 2.79. The molecule has 1 aliphatic heterocycles. The van der Waals surface area contributed by atoms with Crippen molar-refractivity contribution in [3.63, 3.8) is 0 Å². The Hall–Kier alpha value is -1.30. The molecule has 1 saturated heterocycles. The standard InChI is InChI=1S/C17H24ClN3O2.ClH/c1-11(2)9-16(22)20-13-3-4-15(18)14(10-13)17(23)21-12-5-7-19-8-6-12;/h3-4,10-12,19H,5-9H2,1-2H3,(H,20,22)(H,21,23);1H. The van der Waals surface area contributed by atoms with Gasteiger partial charge in [0.05, 0.1) is 10.6 Å². The van der Waals surface area contributed by atoms with Crippen LogP contribution in [0, 0.1) is 5.92 Å². The van der Waals surface area contributed by atoms with Gasteiger partial charge in [-0.2, -0.15) is 0 Å². The van der Waals surface area contributed by atoms with Crippen molar-refractivity contribution in [2.75, 3.05) is 18.4 Å². The maximum Gasteiger partial charge on any atom is 0.253 e. The molecular weight excluding hydrogens is 349 g/mol. The summed E-state index contributed by atoms with van der Waals surface area (Å²) in [5, 5.41) is 9.47. The molecule has 1 heterocycles. The van der Waals surface area contributed by atoms with Crippen LogP contribution in [0.1, 0.15) is 43.5 Å². The lowest BCUT2D eigenvalue weighted by atomic mass is 10.1. The molecule has 1 aromatic carbocycles. The Morgan fingerprint density at radius 3 is 2.58 bits per heavy atom. The van der Waals surface area contributed by atoms with Crippen molar-refractivity contribution < 1.29 is 9.59 Å². The SMILES string of the molecule is CC(C)CC(=O)Nc1ccc(Cl)c(C(=O)NC2CCNCC2)c1.Cl. The minimum Gasteiger partial charge on any atom is -0.349 e. The number of halogens is 2. The van der Waals surface area contributed by atoms with Crippen LogP contribution in [0.4, 0.5) is 5.69 Å². The fraction of sp³-hybridized carbons (Fsp3) is 0.529. The summed E-state index contributed by atoms with van der Waals surface area (Å²) in [6.45, 7) is 5.78. The number of rotatable bonds is 5. The molecule has 3 N–H and O–H groups in total. The van der Waals surface area contributed by atoms with Gasteiger partial charge in [0.15, 0.2) is 0 Å². The van der Waals surface area contributed by atoms with Gasteiger partial charge in [0.1, 0.15) is 0 Å². The first kappa shape index (κ1) is 20.7. The molecule has 5 nitrogen and oxygen atoms in total. The van der Waals surface area contributed by atoms with E-state index in [1.807, 2.05) is 13.8 Å². The lowest BCUT2D eigenvalue weighted by molar-refractivity contribution is -0.116. The average molecular weight is 374 g/mol. The van der Waals surface area contributed by atoms with Crippen LogP contribution in [0.5, 0.6) is 0 Å². The van der Waals surface area contributed by atoms with E-state index in [4.69, 9.17) is 11.6 Å². The first-order valence-corrected chi connectivity index (χ1v) is 8.44. The summed E-state index contributed by atoms with van der Waals surface area (Å²) in [6.07, 6.45) is 2.27. The summed E-state index contributed by atoms with van der Waals surface area (Å²) < 4.78 is 0. The topological polar surface area (TPSA) is 70.2 Å². The van der Waals surface area contributed by atoms with Crippen molar-refractivity contribution in [2.24, 2.45) is 5.92 Å². The van der Waals surface area contributed by atoms with Gasteiger partial charge in [-0.05, 0) is 50.0 Å². The Kier molecular flexibility index (Phi) is 8.53. The van der Waals surface area contributed by atoms with Crippen molar-refractivity contribution >= 4 is 41.5 Å². The highest BCUT2D eigenvalue weighted by Crippen LogP contribution is 2.21. The monoisotopic (exact) mass is 373 g/mol. The predicted molar refractivity (Wildman–Crippen MR) is 100 cm³/mol. The van der Waals surface area contributed by atoms with Gasteiger partial charge in [-0.15, -0.1) is 12.4 Å². The minimum atomic E-state index is -0.193. The molecule has 0 saturated carbocycles. The van der Waals surface area contributed by atoms with Crippen molar-refractivity contribution in [2.45, 2.75) is 39.2 Å². The number of benzene rings is 1. The molecule has 24 heavy (non-hydrogen) atoms. The third kappa shape index (κ3) is 6.30. The molecule has 134 valence electrons. The Labute approximate surface area is 154 Å². The van der Waals surface area contributed by atoms with Gasteiger partial charge < -0.3 is 16.0 Å². The molecule has 2 rings (SSSR count). The smallest absolute Gasteiger partial charge is 0.253 e. The number of nitrogens with one attached hydrogen (secondary N) is 3. The Morgan fingerprint density at radius 2 is 1.96 bits per heavy atom. The highest BCUT2D eigenvalue weighted by molar-refractivity contribution is 6.34. The van der Waals surface area contributed by atoms with Gasteiger partial charge in [0.2, 0.25) is 5.91 Å². The van der Waals surface area contributed by atoms with Gasteiger partial charge in [-0.3, -0.25) is 9.59 Å². The highest BCUT2D eigenvalue weighted by atomic mass is 35.5. The number of piperidine rings is 1. The molecule has 0 radical (unpaired) electrons. The van der Waals surface area contributed by atoms with Crippen LogP contribution in [0.15, 0.2) is 18.2 Å². The molecule has 0 aliphatic carbocycles. The fourth-order valence-electron chi connectivity index (χ4n) is 2.59. The van der Waals surface area contributed by atoms with Crippen LogP contribution in [-0.2, 0) is 4.79 Å². The second-order valence-electron chi connectivity index (χ2n) is 6.34. The van der Waals surface area contributed by atoms with Crippen LogP contribution in [-0.4, -0.2) is 30.9 Å². The maximum absolute atomic E-state index is 12.4. The lowest BCUT2D eigenvalue weighted by Gasteiger charge is -2.24. The van der Waals surface area contributed by atoms with E-state index in [1.54, 1.807) is 18.2 Å². The zero-order valence-electron chi connectivity index (χ0n) is 14.0. The molecule has 1 aliphatic rings. The summed E-state index contributed by atoms with van der Waals surface area (Å²) in [7, 11) is 0. The van der Waals surface area contributed by atoms with Crippen molar-refractivity contribution in [3.8, 4) is 0 Å². The quantitative estimate of drug-likeness (QED) is 0.741. The number of carbonyl (C=O) groups excluding carboxylic acids is 2. The predicted octanol–water partition coefficient (Wildman–Crippen LogP) is 3.23. The summed E-state index contributed by atoms with van der Waals surface area (Å²) in [4.78, 5) is 24.3. The lowest BCUT2D eigenvalue weighted by Crippen LogP contribution is -2.42. The maximum atomic E-state index is 12.4. The first-order chi connectivity index (χ1) is 11.0. The van der Waals surface area contributed by atoms with E-state index in [0.717, 1.165) is 25.9 Å². The highest BCUT2D eigenvalue weighted by Gasteiger charge is 2.18. The zero-order valence-corrected chi connectivity index (χ0v) is 15.6. The number of hydrogen-bond acceptors (Lipinski definition) is 3. The van der Waals surface area contributed by atoms with Crippen LogP contribution in [0.2, 0.25) is 5.02 Å². The average Bonchev–Trinajstić information content (AvgIpc) is 2.49. The van der Waals surface area contributed by atoms with Crippen LogP contribution in [0.25, 0.3) is 0 Å². The summed E-state index contributed by atoms with van der Waals surface area (Å²) in [5.74, 6) is 0.0267. The molecule has 0 aromatic heterocycles. The van der Waals surface area contributed by atoms with Crippen molar-refractivity contribution in [1.29, 1.82) is 0 Å².